The minimum absolute atomic E-state index is 0.00802. The van der Waals surface area contributed by atoms with Crippen molar-refractivity contribution >= 4 is 26.5 Å². The summed E-state index contributed by atoms with van der Waals surface area (Å²) in [6, 6.07) is 12.0. The molecule has 1 heterocycles. The highest BCUT2D eigenvalue weighted by Gasteiger charge is 2.30. The number of benzene rings is 2. The van der Waals surface area contributed by atoms with Crippen LogP contribution in [0.1, 0.15) is 21.7 Å². The minimum atomic E-state index is -4.45. The van der Waals surface area contributed by atoms with Crippen LogP contribution in [0.3, 0.4) is 0 Å². The summed E-state index contributed by atoms with van der Waals surface area (Å²) < 4.78 is 65.3. The molecular formula is C17H11F3N4O2S2. The third-order valence-corrected chi connectivity index (χ3v) is 5.91. The number of halogens is 3. The van der Waals surface area contributed by atoms with Gasteiger partial charge in [0.2, 0.25) is 5.13 Å². The second kappa shape index (κ2) is 7.57. The summed E-state index contributed by atoms with van der Waals surface area (Å²) in [6.45, 7) is 0. The van der Waals surface area contributed by atoms with Crippen molar-refractivity contribution in [1.82, 2.24) is 10.2 Å². The molecule has 0 aliphatic rings. The Morgan fingerprint density at radius 1 is 1.11 bits per heavy atom. The van der Waals surface area contributed by atoms with E-state index in [1.807, 2.05) is 6.07 Å². The smallest absolute Gasteiger partial charge is 0.253 e. The van der Waals surface area contributed by atoms with Crippen LogP contribution in [0.2, 0.25) is 0 Å². The molecule has 0 atom stereocenters. The van der Waals surface area contributed by atoms with Crippen molar-refractivity contribution in [2.24, 2.45) is 0 Å². The van der Waals surface area contributed by atoms with E-state index in [1.165, 1.54) is 36.4 Å². The SMILES string of the molecule is N#Cc1ccc(S(=O)(=O)Nc2nnc(Cc3cccc(C(F)(F)F)c3)s2)cc1. The molecule has 0 fully saturated rings. The van der Waals surface area contributed by atoms with Crippen molar-refractivity contribution < 1.29 is 21.6 Å². The Labute approximate surface area is 162 Å². The van der Waals surface area contributed by atoms with E-state index < -0.39 is 21.8 Å². The molecule has 0 saturated heterocycles. The first-order valence-electron chi connectivity index (χ1n) is 7.69. The lowest BCUT2D eigenvalue weighted by atomic mass is 10.1. The van der Waals surface area contributed by atoms with E-state index in [1.54, 1.807) is 0 Å². The van der Waals surface area contributed by atoms with Crippen molar-refractivity contribution in [3.63, 3.8) is 0 Å². The zero-order chi connectivity index (χ0) is 20.4. The Bertz CT molecular complexity index is 1130. The number of hydrogen-bond acceptors (Lipinski definition) is 6. The summed E-state index contributed by atoms with van der Waals surface area (Å²) in [5.74, 6) is 0. The predicted molar refractivity (Wildman–Crippen MR) is 96.1 cm³/mol. The normalized spacial score (nSPS) is 11.8. The van der Waals surface area contributed by atoms with Crippen LogP contribution in [0, 0.1) is 11.3 Å². The molecule has 28 heavy (non-hydrogen) atoms. The molecule has 6 nitrogen and oxygen atoms in total. The number of anilines is 1. The summed E-state index contributed by atoms with van der Waals surface area (Å²) in [5.41, 5.74) is -0.0676. The summed E-state index contributed by atoms with van der Waals surface area (Å²) >= 11 is 0.924. The number of nitrogens with zero attached hydrogens (tertiary/aromatic N) is 3. The third-order valence-electron chi connectivity index (χ3n) is 3.59. The Morgan fingerprint density at radius 2 is 1.82 bits per heavy atom. The van der Waals surface area contributed by atoms with Crippen molar-refractivity contribution in [2.75, 3.05) is 4.72 Å². The fourth-order valence-electron chi connectivity index (χ4n) is 2.28. The van der Waals surface area contributed by atoms with Crippen molar-refractivity contribution in [1.29, 1.82) is 5.26 Å². The number of nitriles is 1. The van der Waals surface area contributed by atoms with Gasteiger partial charge in [-0.3, -0.25) is 4.72 Å². The van der Waals surface area contributed by atoms with Gasteiger partial charge >= 0.3 is 6.18 Å². The van der Waals surface area contributed by atoms with Crippen LogP contribution < -0.4 is 4.72 Å². The van der Waals surface area contributed by atoms with Crippen molar-refractivity contribution in [3.8, 4) is 6.07 Å². The first-order valence-corrected chi connectivity index (χ1v) is 9.99. The van der Waals surface area contributed by atoms with Gasteiger partial charge in [0.05, 0.1) is 22.1 Å². The lowest BCUT2D eigenvalue weighted by Gasteiger charge is -2.07. The largest absolute Gasteiger partial charge is 0.416 e. The number of hydrogen-bond donors (Lipinski definition) is 1. The van der Waals surface area contributed by atoms with Gasteiger partial charge in [0.25, 0.3) is 10.0 Å². The number of nitrogens with one attached hydrogen (secondary N) is 1. The average Bonchev–Trinajstić information content (AvgIpc) is 3.07. The average molecular weight is 424 g/mol. The molecule has 1 N–H and O–H groups in total. The zero-order valence-corrected chi connectivity index (χ0v) is 15.6. The lowest BCUT2D eigenvalue weighted by molar-refractivity contribution is -0.137. The second-order valence-corrected chi connectivity index (χ2v) is 8.36. The molecule has 144 valence electrons. The van der Waals surface area contributed by atoms with Gasteiger partial charge in [0, 0.05) is 6.42 Å². The molecule has 0 saturated carbocycles. The molecule has 0 bridgehead atoms. The van der Waals surface area contributed by atoms with E-state index in [-0.39, 0.29) is 16.4 Å². The summed E-state index contributed by atoms with van der Waals surface area (Å²) in [4.78, 5) is -0.0545. The third kappa shape index (κ3) is 4.65. The number of rotatable bonds is 5. The molecule has 2 aromatic carbocycles. The van der Waals surface area contributed by atoms with Crippen LogP contribution in [0.5, 0.6) is 0 Å². The van der Waals surface area contributed by atoms with E-state index in [9.17, 15) is 21.6 Å². The maximum absolute atomic E-state index is 12.8. The molecule has 0 amide bonds. The number of alkyl halides is 3. The van der Waals surface area contributed by atoms with Crippen LogP contribution in [0.25, 0.3) is 0 Å². The van der Waals surface area contributed by atoms with Crippen LogP contribution >= 0.6 is 11.3 Å². The van der Waals surface area contributed by atoms with Gasteiger partial charge in [0.15, 0.2) is 0 Å². The first kappa shape index (κ1) is 19.8. The van der Waals surface area contributed by atoms with Crippen LogP contribution in [-0.2, 0) is 22.6 Å². The van der Waals surface area contributed by atoms with Crippen molar-refractivity contribution in [2.45, 2.75) is 17.5 Å². The highest BCUT2D eigenvalue weighted by atomic mass is 32.2. The van der Waals surface area contributed by atoms with E-state index in [0.717, 1.165) is 23.5 Å². The van der Waals surface area contributed by atoms with Gasteiger partial charge in [-0.1, -0.05) is 29.5 Å². The van der Waals surface area contributed by atoms with Gasteiger partial charge in [-0.2, -0.15) is 18.4 Å². The molecule has 0 aliphatic heterocycles. The molecule has 0 unspecified atom stereocenters. The topological polar surface area (TPSA) is 95.7 Å². The van der Waals surface area contributed by atoms with Gasteiger partial charge < -0.3 is 0 Å². The van der Waals surface area contributed by atoms with Gasteiger partial charge in [-0.05, 0) is 35.9 Å². The molecule has 0 radical (unpaired) electrons. The van der Waals surface area contributed by atoms with Crippen LogP contribution in [0.4, 0.5) is 18.3 Å². The second-order valence-electron chi connectivity index (χ2n) is 5.62. The van der Waals surface area contributed by atoms with E-state index in [2.05, 4.69) is 14.9 Å². The Kier molecular flexibility index (Phi) is 5.35. The fourth-order valence-corrected chi connectivity index (χ4v) is 4.29. The molecular weight excluding hydrogens is 413 g/mol. The summed E-state index contributed by atoms with van der Waals surface area (Å²) in [5, 5.41) is 16.7. The number of sulfonamides is 1. The van der Waals surface area contributed by atoms with E-state index in [4.69, 9.17) is 5.26 Å². The molecule has 3 aromatic rings. The quantitative estimate of drug-likeness (QED) is 0.672. The first-order chi connectivity index (χ1) is 13.2. The minimum Gasteiger partial charge on any atom is -0.253 e. The zero-order valence-electron chi connectivity index (χ0n) is 13.9. The van der Waals surface area contributed by atoms with Gasteiger partial charge in [-0.15, -0.1) is 10.2 Å². The Morgan fingerprint density at radius 3 is 2.46 bits per heavy atom. The van der Waals surface area contributed by atoms with Gasteiger partial charge in [0.1, 0.15) is 5.01 Å². The highest BCUT2D eigenvalue weighted by molar-refractivity contribution is 7.93. The van der Waals surface area contributed by atoms with Crippen LogP contribution in [-0.4, -0.2) is 18.6 Å². The molecule has 0 spiro atoms. The summed E-state index contributed by atoms with van der Waals surface area (Å²) in [7, 11) is -3.92. The van der Waals surface area contributed by atoms with Gasteiger partial charge in [-0.25, -0.2) is 8.42 Å². The molecule has 0 aliphatic carbocycles. The van der Waals surface area contributed by atoms with E-state index in [0.29, 0.717) is 16.1 Å². The Balaban J connectivity index is 1.74. The summed E-state index contributed by atoms with van der Waals surface area (Å²) in [6.07, 6.45) is -4.36. The number of aromatic nitrogens is 2. The predicted octanol–water partition coefficient (Wildman–Crippen LogP) is 3.82. The maximum atomic E-state index is 12.8. The molecule has 11 heteroatoms. The highest BCUT2D eigenvalue weighted by Crippen LogP contribution is 2.30. The molecule has 3 rings (SSSR count). The van der Waals surface area contributed by atoms with E-state index >= 15 is 0 Å². The van der Waals surface area contributed by atoms with Crippen molar-refractivity contribution in [3.05, 3.63) is 70.2 Å². The maximum Gasteiger partial charge on any atom is 0.416 e. The fraction of sp³-hybridized carbons (Fsp3) is 0.118. The lowest BCUT2D eigenvalue weighted by Crippen LogP contribution is -2.12. The molecule has 1 aromatic heterocycles. The van der Waals surface area contributed by atoms with Crippen LogP contribution in [0.15, 0.2) is 53.4 Å². The monoisotopic (exact) mass is 424 g/mol. The Hall–Kier alpha value is -2.97. The standard InChI is InChI=1S/C17H11F3N4O2S2/c18-17(19,20)13-3-1-2-12(8-13)9-15-22-23-16(27-15)24-28(25,26)14-6-4-11(10-21)5-7-14/h1-8H,9H2,(H,23,24).